The Hall–Kier alpha value is -0.530. The molecule has 2 rings (SSSR count). The van der Waals surface area contributed by atoms with Gasteiger partial charge in [-0.3, -0.25) is 4.79 Å². The predicted octanol–water partition coefficient (Wildman–Crippen LogP) is 3.13. The lowest BCUT2D eigenvalue weighted by atomic mass is 9.99. The van der Waals surface area contributed by atoms with Crippen LogP contribution in [0.5, 0.6) is 0 Å². The van der Waals surface area contributed by atoms with Gasteiger partial charge in [-0.2, -0.15) is 4.31 Å². The standard InChI is InChI=1S/C12H12Cl3NO4S/c13-8-5-9(14)11(10(15)6-8)21(19,20)16-3-1-7(2-4-16)12(17)18/h5-7H,1-4H2,(H,17,18). The molecule has 0 unspecified atom stereocenters. The number of rotatable bonds is 3. The van der Waals surface area contributed by atoms with E-state index >= 15 is 0 Å². The number of hydrogen-bond donors (Lipinski definition) is 1. The number of piperidine rings is 1. The third-order valence-electron chi connectivity index (χ3n) is 3.36. The van der Waals surface area contributed by atoms with E-state index in [0.29, 0.717) is 0 Å². The fourth-order valence-electron chi connectivity index (χ4n) is 2.25. The van der Waals surface area contributed by atoms with E-state index in [2.05, 4.69) is 0 Å². The van der Waals surface area contributed by atoms with Crippen molar-refractivity contribution in [3.05, 3.63) is 27.2 Å². The van der Waals surface area contributed by atoms with Gasteiger partial charge in [0.25, 0.3) is 0 Å². The Labute approximate surface area is 137 Å². The lowest BCUT2D eigenvalue weighted by molar-refractivity contribution is -0.142. The zero-order valence-electron chi connectivity index (χ0n) is 10.7. The van der Waals surface area contributed by atoms with Crippen LogP contribution < -0.4 is 0 Å². The van der Waals surface area contributed by atoms with Crippen molar-refractivity contribution in [2.75, 3.05) is 13.1 Å². The molecule has 0 aliphatic carbocycles. The highest BCUT2D eigenvalue weighted by molar-refractivity contribution is 7.89. The van der Waals surface area contributed by atoms with E-state index in [-0.39, 0.29) is 45.9 Å². The first-order chi connectivity index (χ1) is 9.73. The largest absolute Gasteiger partial charge is 0.481 e. The molecular formula is C12H12Cl3NO4S. The minimum absolute atomic E-state index is 0.0483. The highest BCUT2D eigenvalue weighted by Gasteiger charge is 2.34. The van der Waals surface area contributed by atoms with Gasteiger partial charge in [-0.25, -0.2) is 8.42 Å². The van der Waals surface area contributed by atoms with Crippen LogP contribution in [0.25, 0.3) is 0 Å². The molecule has 1 saturated heterocycles. The molecule has 116 valence electrons. The van der Waals surface area contributed by atoms with Crippen molar-refractivity contribution in [2.24, 2.45) is 5.92 Å². The highest BCUT2D eigenvalue weighted by Crippen LogP contribution is 2.35. The summed E-state index contributed by atoms with van der Waals surface area (Å²) in [6, 6.07) is 2.62. The molecule has 1 aliphatic heterocycles. The number of halogens is 3. The van der Waals surface area contributed by atoms with Crippen molar-refractivity contribution in [2.45, 2.75) is 17.7 Å². The third-order valence-corrected chi connectivity index (χ3v) is 6.40. The van der Waals surface area contributed by atoms with Gasteiger partial charge in [0.05, 0.1) is 16.0 Å². The van der Waals surface area contributed by atoms with Gasteiger partial charge in [0, 0.05) is 18.1 Å². The first-order valence-electron chi connectivity index (χ1n) is 6.11. The van der Waals surface area contributed by atoms with Crippen LogP contribution in [-0.4, -0.2) is 36.9 Å². The Morgan fingerprint density at radius 1 is 1.14 bits per heavy atom. The molecule has 1 aromatic rings. The van der Waals surface area contributed by atoms with Crippen LogP contribution in [0.1, 0.15) is 12.8 Å². The molecule has 0 radical (unpaired) electrons. The van der Waals surface area contributed by atoms with Crippen molar-refractivity contribution in [1.29, 1.82) is 0 Å². The van der Waals surface area contributed by atoms with E-state index in [4.69, 9.17) is 39.9 Å². The summed E-state index contributed by atoms with van der Waals surface area (Å²) in [5.74, 6) is -1.43. The van der Waals surface area contributed by atoms with E-state index < -0.39 is 21.9 Å². The van der Waals surface area contributed by atoms with Gasteiger partial charge in [0.1, 0.15) is 4.90 Å². The predicted molar refractivity (Wildman–Crippen MR) is 80.6 cm³/mol. The number of carboxylic acids is 1. The summed E-state index contributed by atoms with van der Waals surface area (Å²) in [7, 11) is -3.87. The van der Waals surface area contributed by atoms with Crippen LogP contribution in [0.2, 0.25) is 15.1 Å². The quantitative estimate of drug-likeness (QED) is 0.884. The second-order valence-electron chi connectivity index (χ2n) is 4.72. The third kappa shape index (κ3) is 3.46. The number of carboxylic acid groups (broad SMARTS) is 1. The van der Waals surface area contributed by atoms with E-state index in [1.54, 1.807) is 0 Å². The molecule has 5 nitrogen and oxygen atoms in total. The number of sulfonamides is 1. The fourth-order valence-corrected chi connectivity index (χ4v) is 5.21. The fraction of sp³-hybridized carbons (Fsp3) is 0.417. The zero-order valence-corrected chi connectivity index (χ0v) is 13.8. The normalized spacial score (nSPS) is 17.9. The average Bonchev–Trinajstić information content (AvgIpc) is 2.37. The molecule has 0 saturated carbocycles. The Morgan fingerprint density at radius 3 is 2.05 bits per heavy atom. The Kier molecular flexibility index (Phi) is 5.05. The van der Waals surface area contributed by atoms with E-state index in [1.165, 1.54) is 16.4 Å². The zero-order chi connectivity index (χ0) is 15.8. The smallest absolute Gasteiger partial charge is 0.306 e. The molecule has 0 amide bonds. The summed E-state index contributed by atoms with van der Waals surface area (Å²) >= 11 is 17.7. The Balaban J connectivity index is 2.30. The van der Waals surface area contributed by atoms with Gasteiger partial charge in [0.15, 0.2) is 0 Å². The van der Waals surface area contributed by atoms with Crippen molar-refractivity contribution in [3.8, 4) is 0 Å². The molecule has 9 heteroatoms. The number of aliphatic carboxylic acids is 1. The van der Waals surface area contributed by atoms with Gasteiger partial charge in [-0.05, 0) is 25.0 Å². The molecule has 1 aromatic carbocycles. The molecule has 0 atom stereocenters. The summed E-state index contributed by atoms with van der Waals surface area (Å²) in [6.07, 6.45) is 0.523. The first kappa shape index (κ1) is 16.8. The van der Waals surface area contributed by atoms with Crippen molar-refractivity contribution in [1.82, 2.24) is 4.31 Å². The molecular weight excluding hydrogens is 361 g/mol. The molecule has 0 bridgehead atoms. The van der Waals surface area contributed by atoms with Crippen LogP contribution in [-0.2, 0) is 14.8 Å². The van der Waals surface area contributed by atoms with Crippen molar-refractivity contribution < 1.29 is 18.3 Å². The van der Waals surface area contributed by atoms with Crippen molar-refractivity contribution in [3.63, 3.8) is 0 Å². The maximum Gasteiger partial charge on any atom is 0.306 e. The number of nitrogens with zero attached hydrogens (tertiary/aromatic N) is 1. The minimum Gasteiger partial charge on any atom is -0.481 e. The molecule has 0 spiro atoms. The summed E-state index contributed by atoms with van der Waals surface area (Å²) in [5, 5.41) is 9.09. The van der Waals surface area contributed by atoms with E-state index in [9.17, 15) is 13.2 Å². The molecule has 0 aromatic heterocycles. The monoisotopic (exact) mass is 371 g/mol. The number of carbonyl (C=O) groups is 1. The average molecular weight is 373 g/mol. The second kappa shape index (κ2) is 6.30. The van der Waals surface area contributed by atoms with E-state index in [0.717, 1.165) is 0 Å². The number of benzene rings is 1. The highest BCUT2D eigenvalue weighted by atomic mass is 35.5. The Bertz CT molecular complexity index is 646. The second-order valence-corrected chi connectivity index (χ2v) is 7.84. The van der Waals surface area contributed by atoms with Gasteiger partial charge < -0.3 is 5.11 Å². The van der Waals surface area contributed by atoms with Crippen LogP contribution in [0, 0.1) is 5.92 Å². The molecule has 1 N–H and O–H groups in total. The maximum atomic E-state index is 12.6. The maximum absolute atomic E-state index is 12.6. The van der Waals surface area contributed by atoms with Crippen LogP contribution in [0.15, 0.2) is 17.0 Å². The SMILES string of the molecule is O=C(O)C1CCN(S(=O)(=O)c2c(Cl)cc(Cl)cc2Cl)CC1. The van der Waals surface area contributed by atoms with Gasteiger partial charge in [0.2, 0.25) is 10.0 Å². The van der Waals surface area contributed by atoms with Crippen LogP contribution in [0.4, 0.5) is 0 Å². The molecule has 1 heterocycles. The van der Waals surface area contributed by atoms with Gasteiger partial charge in [-0.15, -0.1) is 0 Å². The summed E-state index contributed by atoms with van der Waals surface area (Å²) < 4.78 is 26.4. The van der Waals surface area contributed by atoms with E-state index in [1.807, 2.05) is 0 Å². The van der Waals surface area contributed by atoms with Gasteiger partial charge in [-0.1, -0.05) is 34.8 Å². The minimum atomic E-state index is -3.87. The topological polar surface area (TPSA) is 74.7 Å². The number of hydrogen-bond acceptors (Lipinski definition) is 3. The van der Waals surface area contributed by atoms with Crippen LogP contribution in [0.3, 0.4) is 0 Å². The molecule has 1 fully saturated rings. The molecule has 1 aliphatic rings. The van der Waals surface area contributed by atoms with Gasteiger partial charge >= 0.3 is 5.97 Å². The lowest BCUT2D eigenvalue weighted by Crippen LogP contribution is -2.40. The van der Waals surface area contributed by atoms with Crippen LogP contribution >= 0.6 is 34.8 Å². The van der Waals surface area contributed by atoms with Crippen molar-refractivity contribution >= 4 is 50.8 Å². The lowest BCUT2D eigenvalue weighted by Gasteiger charge is -2.29. The first-order valence-corrected chi connectivity index (χ1v) is 8.68. The summed E-state index contributed by atoms with van der Waals surface area (Å²) in [5.41, 5.74) is 0. The summed E-state index contributed by atoms with van der Waals surface area (Å²) in [4.78, 5) is 10.7. The Morgan fingerprint density at radius 2 is 1.62 bits per heavy atom. The molecule has 21 heavy (non-hydrogen) atoms. The summed E-state index contributed by atoms with van der Waals surface area (Å²) in [6.45, 7) is 0.239.